The Morgan fingerprint density at radius 2 is 1.89 bits per heavy atom. The van der Waals surface area contributed by atoms with Gasteiger partial charge in [0.25, 0.3) is 0 Å². The largest absolute Gasteiger partial charge is 0.459 e. The summed E-state index contributed by atoms with van der Waals surface area (Å²) in [5, 5.41) is 0. The second-order valence-corrected chi connectivity index (χ2v) is 3.84. The number of nitrogen functional groups attached to an aromatic ring is 1. The Morgan fingerprint density at radius 1 is 1.33 bits per heavy atom. The fourth-order valence-corrected chi connectivity index (χ4v) is 1.32. The summed E-state index contributed by atoms with van der Waals surface area (Å²) < 4.78 is 55.8. The van der Waals surface area contributed by atoms with Crippen molar-refractivity contribution in [2.45, 2.75) is 26.1 Å². The monoisotopic (exact) mass is 265 g/mol. The van der Waals surface area contributed by atoms with Crippen LogP contribution in [-0.2, 0) is 10.9 Å². The van der Waals surface area contributed by atoms with Crippen LogP contribution in [0.3, 0.4) is 0 Å². The van der Waals surface area contributed by atoms with Crippen LogP contribution >= 0.6 is 0 Å². The summed E-state index contributed by atoms with van der Waals surface area (Å²) in [5.41, 5.74) is 2.01. The average molecular weight is 265 g/mol. The molecule has 0 bridgehead atoms. The highest BCUT2D eigenvalue weighted by molar-refractivity contribution is 5.97. The Balaban J connectivity index is 3.39. The third-order valence-electron chi connectivity index (χ3n) is 2.04. The predicted molar refractivity (Wildman–Crippen MR) is 56.4 cm³/mol. The summed E-state index contributed by atoms with van der Waals surface area (Å²) in [7, 11) is 0. The molecule has 0 radical (unpaired) electrons. The van der Waals surface area contributed by atoms with Gasteiger partial charge in [-0.3, -0.25) is 0 Å². The van der Waals surface area contributed by atoms with Crippen LogP contribution in [0.25, 0.3) is 0 Å². The third kappa shape index (κ3) is 2.91. The first kappa shape index (κ1) is 14.3. The molecule has 0 aliphatic carbocycles. The van der Waals surface area contributed by atoms with E-state index in [1.807, 2.05) is 0 Å². The van der Waals surface area contributed by atoms with Crippen molar-refractivity contribution in [3.63, 3.8) is 0 Å². The van der Waals surface area contributed by atoms with Crippen molar-refractivity contribution >= 4 is 11.7 Å². The van der Waals surface area contributed by atoms with Crippen molar-refractivity contribution in [1.82, 2.24) is 0 Å². The molecule has 0 aromatic heterocycles. The molecule has 0 saturated carbocycles. The maximum atomic E-state index is 13.1. The minimum atomic E-state index is -4.81. The minimum absolute atomic E-state index is 0.461. The quantitative estimate of drug-likeness (QED) is 0.508. The lowest BCUT2D eigenvalue weighted by Gasteiger charge is -2.16. The highest BCUT2D eigenvalue weighted by Crippen LogP contribution is 2.35. The van der Waals surface area contributed by atoms with Gasteiger partial charge in [0.15, 0.2) is 0 Å². The van der Waals surface area contributed by atoms with E-state index in [0.29, 0.717) is 12.1 Å². The molecule has 0 amide bonds. The average Bonchev–Trinajstić information content (AvgIpc) is 2.18. The van der Waals surface area contributed by atoms with Crippen LogP contribution in [-0.4, -0.2) is 12.1 Å². The summed E-state index contributed by atoms with van der Waals surface area (Å²) in [6.45, 7) is 2.92. The summed E-state index contributed by atoms with van der Waals surface area (Å²) >= 11 is 0. The predicted octanol–water partition coefficient (Wildman–Crippen LogP) is 2.99. The van der Waals surface area contributed by atoms with E-state index in [9.17, 15) is 22.4 Å². The molecule has 0 fully saturated rings. The van der Waals surface area contributed by atoms with E-state index in [1.54, 1.807) is 0 Å². The fourth-order valence-electron chi connectivity index (χ4n) is 1.32. The lowest BCUT2D eigenvalue weighted by molar-refractivity contribution is -0.138. The molecule has 7 heteroatoms. The Hall–Kier alpha value is -1.79. The van der Waals surface area contributed by atoms with E-state index in [0.717, 1.165) is 0 Å². The van der Waals surface area contributed by atoms with Crippen molar-refractivity contribution in [2.24, 2.45) is 0 Å². The molecule has 100 valence electrons. The Kier molecular flexibility index (Phi) is 3.83. The van der Waals surface area contributed by atoms with E-state index in [-0.39, 0.29) is 0 Å². The molecule has 0 atom stereocenters. The molecule has 0 heterocycles. The van der Waals surface area contributed by atoms with E-state index in [4.69, 9.17) is 5.73 Å². The van der Waals surface area contributed by atoms with Crippen molar-refractivity contribution in [3.05, 3.63) is 29.1 Å². The first-order chi connectivity index (χ1) is 8.14. The van der Waals surface area contributed by atoms with Gasteiger partial charge in [-0.1, -0.05) is 0 Å². The molecule has 1 aromatic rings. The number of halogens is 4. The first-order valence-electron chi connectivity index (χ1n) is 5.00. The Morgan fingerprint density at radius 3 is 2.33 bits per heavy atom. The number of ether oxygens (including phenoxy) is 1. The van der Waals surface area contributed by atoms with E-state index in [2.05, 4.69) is 4.74 Å². The van der Waals surface area contributed by atoms with Crippen LogP contribution < -0.4 is 5.73 Å². The normalized spacial score (nSPS) is 11.7. The lowest BCUT2D eigenvalue weighted by atomic mass is 10.0. The maximum absolute atomic E-state index is 13.1. The van der Waals surface area contributed by atoms with Gasteiger partial charge in [-0.25, -0.2) is 9.18 Å². The van der Waals surface area contributed by atoms with Crippen molar-refractivity contribution < 1.29 is 27.1 Å². The van der Waals surface area contributed by atoms with Gasteiger partial charge < -0.3 is 10.5 Å². The zero-order valence-electron chi connectivity index (χ0n) is 9.64. The molecule has 0 unspecified atom stereocenters. The summed E-state index contributed by atoms with van der Waals surface area (Å²) in [6.07, 6.45) is -5.45. The molecule has 2 N–H and O–H groups in total. The van der Waals surface area contributed by atoms with Crippen LogP contribution in [0.15, 0.2) is 12.1 Å². The summed E-state index contributed by atoms with van der Waals surface area (Å²) in [4.78, 5) is 11.5. The molecule has 0 saturated heterocycles. The molecule has 1 rings (SSSR count). The van der Waals surface area contributed by atoms with Crippen molar-refractivity contribution in [2.75, 3.05) is 5.73 Å². The highest BCUT2D eigenvalue weighted by atomic mass is 19.4. The van der Waals surface area contributed by atoms with Crippen LogP contribution in [0.4, 0.5) is 23.2 Å². The molecule has 0 aliphatic rings. The van der Waals surface area contributed by atoms with Crippen LogP contribution in [0.1, 0.15) is 29.8 Å². The SMILES string of the molecule is CC(C)OC(=O)c1c(C(F)(F)F)ccc(F)c1N. The number of nitrogens with two attached hydrogens (primary N) is 1. The van der Waals surface area contributed by atoms with Crippen LogP contribution in [0.5, 0.6) is 0 Å². The maximum Gasteiger partial charge on any atom is 0.417 e. The number of anilines is 1. The number of hydrogen-bond acceptors (Lipinski definition) is 3. The van der Waals surface area contributed by atoms with Gasteiger partial charge in [0.1, 0.15) is 5.82 Å². The van der Waals surface area contributed by atoms with Gasteiger partial charge in [0.2, 0.25) is 0 Å². The molecule has 1 aromatic carbocycles. The standard InChI is InChI=1S/C11H11F4NO2/c1-5(2)18-10(17)8-6(11(13,14)15)3-4-7(12)9(8)16/h3-5H,16H2,1-2H3. The fraction of sp³-hybridized carbons (Fsp3) is 0.364. The third-order valence-corrected chi connectivity index (χ3v) is 2.04. The highest BCUT2D eigenvalue weighted by Gasteiger charge is 2.37. The van der Waals surface area contributed by atoms with Gasteiger partial charge >= 0.3 is 12.1 Å². The summed E-state index contributed by atoms with van der Waals surface area (Å²) in [6, 6.07) is 1.02. The molecule has 18 heavy (non-hydrogen) atoms. The smallest absolute Gasteiger partial charge is 0.417 e. The van der Waals surface area contributed by atoms with Crippen molar-refractivity contribution in [1.29, 1.82) is 0 Å². The van der Waals surface area contributed by atoms with Gasteiger partial charge in [-0.2, -0.15) is 13.2 Å². The number of rotatable bonds is 2. The topological polar surface area (TPSA) is 52.3 Å². The van der Waals surface area contributed by atoms with Crippen LogP contribution in [0, 0.1) is 5.82 Å². The minimum Gasteiger partial charge on any atom is -0.459 e. The number of esters is 1. The van der Waals surface area contributed by atoms with E-state index >= 15 is 0 Å². The van der Waals surface area contributed by atoms with Gasteiger partial charge in [0, 0.05) is 0 Å². The first-order valence-corrected chi connectivity index (χ1v) is 5.00. The molecule has 3 nitrogen and oxygen atoms in total. The number of alkyl halides is 3. The molecule has 0 aliphatic heterocycles. The number of carbonyl (C=O) groups is 1. The zero-order valence-corrected chi connectivity index (χ0v) is 9.64. The van der Waals surface area contributed by atoms with E-state index < -0.39 is 40.9 Å². The van der Waals surface area contributed by atoms with Crippen molar-refractivity contribution in [3.8, 4) is 0 Å². The number of carbonyl (C=O) groups excluding carboxylic acids is 1. The van der Waals surface area contributed by atoms with Gasteiger partial charge in [-0.05, 0) is 26.0 Å². The lowest BCUT2D eigenvalue weighted by Crippen LogP contribution is -2.20. The van der Waals surface area contributed by atoms with Gasteiger partial charge in [0.05, 0.1) is 22.9 Å². The zero-order chi connectivity index (χ0) is 14.1. The molecular formula is C11H11F4NO2. The van der Waals surface area contributed by atoms with Crippen LogP contribution in [0.2, 0.25) is 0 Å². The second kappa shape index (κ2) is 4.83. The van der Waals surface area contributed by atoms with Gasteiger partial charge in [-0.15, -0.1) is 0 Å². The Bertz CT molecular complexity index is 469. The van der Waals surface area contributed by atoms with E-state index in [1.165, 1.54) is 13.8 Å². The number of hydrogen-bond donors (Lipinski definition) is 1. The Labute approximate surface area is 101 Å². The second-order valence-electron chi connectivity index (χ2n) is 3.84. The molecular weight excluding hydrogens is 254 g/mol. The molecule has 0 spiro atoms. The summed E-state index contributed by atoms with van der Waals surface area (Å²) in [5.74, 6) is -2.40. The number of benzene rings is 1.